The number of aromatic nitrogens is 1. The number of aryl methyl sites for hydroxylation is 1. The SMILES string of the molecule is COc1ccc(OC)c(C2CCN(C(=O)NCCc3cccn3C)C2)c1. The summed E-state index contributed by atoms with van der Waals surface area (Å²) in [7, 11) is 5.35. The maximum Gasteiger partial charge on any atom is 0.317 e. The molecule has 1 atom stereocenters. The molecule has 1 aliphatic rings. The van der Waals surface area contributed by atoms with Gasteiger partial charge >= 0.3 is 6.03 Å². The van der Waals surface area contributed by atoms with E-state index in [9.17, 15) is 4.79 Å². The number of nitrogens with one attached hydrogen (secondary N) is 1. The molecule has 1 N–H and O–H groups in total. The van der Waals surface area contributed by atoms with Gasteiger partial charge in [-0.3, -0.25) is 0 Å². The molecule has 3 rings (SSSR count). The van der Waals surface area contributed by atoms with Crippen LogP contribution in [-0.4, -0.2) is 49.4 Å². The minimum absolute atomic E-state index is 0.00331. The van der Waals surface area contributed by atoms with Gasteiger partial charge < -0.3 is 24.3 Å². The lowest BCUT2D eigenvalue weighted by atomic mass is 9.97. The fraction of sp³-hybridized carbons (Fsp3) is 0.450. The van der Waals surface area contributed by atoms with Crippen molar-refractivity contribution >= 4 is 6.03 Å². The molecule has 0 radical (unpaired) electrons. The van der Waals surface area contributed by atoms with Crippen LogP contribution in [-0.2, 0) is 13.5 Å². The topological polar surface area (TPSA) is 55.7 Å². The molecular weight excluding hydrogens is 330 g/mol. The highest BCUT2D eigenvalue weighted by Gasteiger charge is 2.29. The van der Waals surface area contributed by atoms with Crippen LogP contribution in [0.3, 0.4) is 0 Å². The van der Waals surface area contributed by atoms with Crippen molar-refractivity contribution < 1.29 is 14.3 Å². The highest BCUT2D eigenvalue weighted by molar-refractivity contribution is 5.74. The maximum absolute atomic E-state index is 12.5. The molecule has 2 heterocycles. The number of benzene rings is 1. The molecule has 26 heavy (non-hydrogen) atoms. The molecule has 1 fully saturated rings. The number of methoxy groups -OCH3 is 2. The fourth-order valence-electron chi connectivity index (χ4n) is 3.52. The zero-order valence-electron chi connectivity index (χ0n) is 15.7. The first kappa shape index (κ1) is 18.2. The minimum Gasteiger partial charge on any atom is -0.497 e. The average molecular weight is 357 g/mol. The van der Waals surface area contributed by atoms with Gasteiger partial charge in [0.15, 0.2) is 0 Å². The molecule has 6 heteroatoms. The highest BCUT2D eigenvalue weighted by Crippen LogP contribution is 2.35. The van der Waals surface area contributed by atoms with Gasteiger partial charge in [0.25, 0.3) is 0 Å². The molecule has 0 saturated carbocycles. The van der Waals surface area contributed by atoms with Gasteiger partial charge in [-0.25, -0.2) is 4.79 Å². The highest BCUT2D eigenvalue weighted by atomic mass is 16.5. The average Bonchev–Trinajstić information content (AvgIpc) is 3.30. The predicted octanol–water partition coefficient (Wildman–Crippen LogP) is 2.78. The number of carbonyl (C=O) groups is 1. The largest absolute Gasteiger partial charge is 0.497 e. The van der Waals surface area contributed by atoms with Gasteiger partial charge in [-0.2, -0.15) is 0 Å². The summed E-state index contributed by atoms with van der Waals surface area (Å²) in [6.45, 7) is 2.08. The lowest BCUT2D eigenvalue weighted by molar-refractivity contribution is 0.208. The van der Waals surface area contributed by atoms with E-state index in [1.54, 1.807) is 14.2 Å². The van der Waals surface area contributed by atoms with E-state index in [0.29, 0.717) is 13.1 Å². The third-order valence-corrected chi connectivity index (χ3v) is 5.06. The number of rotatable bonds is 6. The van der Waals surface area contributed by atoms with Crippen LogP contribution in [0.4, 0.5) is 4.79 Å². The second-order valence-corrected chi connectivity index (χ2v) is 6.63. The van der Waals surface area contributed by atoms with E-state index in [1.807, 2.05) is 42.4 Å². The van der Waals surface area contributed by atoms with Gasteiger partial charge in [0.1, 0.15) is 11.5 Å². The molecule has 2 aromatic rings. The summed E-state index contributed by atoms with van der Waals surface area (Å²) in [5, 5.41) is 3.03. The molecule has 140 valence electrons. The number of ether oxygens (including phenoxy) is 2. The maximum atomic E-state index is 12.5. The number of carbonyl (C=O) groups excluding carboxylic acids is 1. The van der Waals surface area contributed by atoms with Crippen molar-refractivity contribution in [3.63, 3.8) is 0 Å². The van der Waals surface area contributed by atoms with Gasteiger partial charge in [0.2, 0.25) is 0 Å². The van der Waals surface area contributed by atoms with E-state index in [1.165, 1.54) is 5.69 Å². The monoisotopic (exact) mass is 357 g/mol. The Morgan fingerprint density at radius 2 is 2.12 bits per heavy atom. The minimum atomic E-state index is 0.00331. The summed E-state index contributed by atoms with van der Waals surface area (Å²) < 4.78 is 12.9. The molecule has 1 aromatic heterocycles. The standard InChI is InChI=1S/C20H27N3O3/c1-22-11-4-5-16(22)8-10-21-20(24)23-12-9-15(14-23)18-13-17(25-2)6-7-19(18)26-3/h4-7,11,13,15H,8-10,12,14H2,1-3H3,(H,21,24). The van der Waals surface area contributed by atoms with Gasteiger partial charge in [-0.1, -0.05) is 0 Å². The van der Waals surface area contributed by atoms with Crippen molar-refractivity contribution in [3.05, 3.63) is 47.8 Å². The van der Waals surface area contributed by atoms with Crippen LogP contribution in [0.1, 0.15) is 23.6 Å². The van der Waals surface area contributed by atoms with Gasteiger partial charge in [-0.05, 0) is 36.8 Å². The summed E-state index contributed by atoms with van der Waals surface area (Å²) in [6, 6.07) is 9.93. The van der Waals surface area contributed by atoms with E-state index in [0.717, 1.165) is 36.4 Å². The Hall–Kier alpha value is -2.63. The zero-order chi connectivity index (χ0) is 18.5. The number of hydrogen-bond donors (Lipinski definition) is 1. The normalized spacial score (nSPS) is 16.6. The Morgan fingerprint density at radius 3 is 2.81 bits per heavy atom. The quantitative estimate of drug-likeness (QED) is 0.865. The summed E-state index contributed by atoms with van der Waals surface area (Å²) in [5.41, 5.74) is 2.32. The first-order chi connectivity index (χ1) is 12.6. The Bertz CT molecular complexity index is 757. The molecular formula is C20H27N3O3. The Morgan fingerprint density at radius 1 is 1.27 bits per heavy atom. The summed E-state index contributed by atoms with van der Waals surface area (Å²) in [5.74, 6) is 1.92. The molecule has 0 spiro atoms. The third-order valence-electron chi connectivity index (χ3n) is 5.06. The van der Waals surface area contributed by atoms with Gasteiger partial charge in [-0.15, -0.1) is 0 Å². The van der Waals surface area contributed by atoms with Crippen molar-refractivity contribution in [2.75, 3.05) is 33.9 Å². The molecule has 0 bridgehead atoms. The lowest BCUT2D eigenvalue weighted by Crippen LogP contribution is -2.39. The van der Waals surface area contributed by atoms with Crippen molar-refractivity contribution in [1.29, 1.82) is 0 Å². The van der Waals surface area contributed by atoms with Crippen molar-refractivity contribution in [2.45, 2.75) is 18.8 Å². The van der Waals surface area contributed by atoms with E-state index >= 15 is 0 Å². The Balaban J connectivity index is 1.56. The van der Waals surface area contributed by atoms with Crippen molar-refractivity contribution in [1.82, 2.24) is 14.8 Å². The second kappa shape index (κ2) is 8.17. The van der Waals surface area contributed by atoms with E-state index in [-0.39, 0.29) is 11.9 Å². The van der Waals surface area contributed by atoms with E-state index in [4.69, 9.17) is 9.47 Å². The molecule has 1 aromatic carbocycles. The Labute approximate surface area is 154 Å². The van der Waals surface area contributed by atoms with Crippen LogP contribution in [0.25, 0.3) is 0 Å². The van der Waals surface area contributed by atoms with Gasteiger partial charge in [0, 0.05) is 56.5 Å². The van der Waals surface area contributed by atoms with Crippen molar-refractivity contribution in [2.24, 2.45) is 7.05 Å². The zero-order valence-corrected chi connectivity index (χ0v) is 15.7. The van der Waals surface area contributed by atoms with Crippen LogP contribution in [0.15, 0.2) is 36.5 Å². The molecule has 1 unspecified atom stereocenters. The Kier molecular flexibility index (Phi) is 5.71. The summed E-state index contributed by atoms with van der Waals surface area (Å²) in [6.07, 6.45) is 3.77. The number of nitrogens with zero attached hydrogens (tertiary/aromatic N) is 2. The number of likely N-dealkylation sites (tertiary alicyclic amines) is 1. The third kappa shape index (κ3) is 3.95. The fourth-order valence-corrected chi connectivity index (χ4v) is 3.52. The van der Waals surface area contributed by atoms with Gasteiger partial charge in [0.05, 0.1) is 14.2 Å². The van der Waals surface area contributed by atoms with Crippen LogP contribution >= 0.6 is 0 Å². The molecule has 2 amide bonds. The van der Waals surface area contributed by atoms with E-state index in [2.05, 4.69) is 16.0 Å². The molecule has 1 saturated heterocycles. The molecule has 6 nitrogen and oxygen atoms in total. The first-order valence-corrected chi connectivity index (χ1v) is 8.97. The predicted molar refractivity (Wildman–Crippen MR) is 101 cm³/mol. The summed E-state index contributed by atoms with van der Waals surface area (Å²) in [4.78, 5) is 14.3. The van der Waals surface area contributed by atoms with Crippen LogP contribution in [0, 0.1) is 0 Å². The number of hydrogen-bond acceptors (Lipinski definition) is 3. The second-order valence-electron chi connectivity index (χ2n) is 6.63. The lowest BCUT2D eigenvalue weighted by Gasteiger charge is -2.19. The van der Waals surface area contributed by atoms with Crippen LogP contribution in [0.5, 0.6) is 11.5 Å². The smallest absolute Gasteiger partial charge is 0.317 e. The number of urea groups is 1. The molecule has 0 aliphatic carbocycles. The molecule has 1 aliphatic heterocycles. The number of amides is 2. The van der Waals surface area contributed by atoms with Crippen LogP contribution in [0.2, 0.25) is 0 Å². The van der Waals surface area contributed by atoms with Crippen LogP contribution < -0.4 is 14.8 Å². The van der Waals surface area contributed by atoms with E-state index < -0.39 is 0 Å². The first-order valence-electron chi connectivity index (χ1n) is 8.97. The van der Waals surface area contributed by atoms with Crippen molar-refractivity contribution in [3.8, 4) is 11.5 Å². The summed E-state index contributed by atoms with van der Waals surface area (Å²) >= 11 is 0.